The van der Waals surface area contributed by atoms with E-state index in [0.717, 1.165) is 6.07 Å². The molecule has 2 N–H and O–H groups in total. The lowest BCUT2D eigenvalue weighted by atomic mass is 10.1. The first-order chi connectivity index (χ1) is 7.97. The molecule has 0 radical (unpaired) electrons. The predicted octanol–water partition coefficient (Wildman–Crippen LogP) is 1.22. The molecule has 92 valence electrons. The minimum absolute atomic E-state index is 0.166. The second kappa shape index (κ2) is 5.21. The molecule has 0 aliphatic heterocycles. The molecule has 0 bridgehead atoms. The molecule has 0 saturated carbocycles. The molecule has 0 aliphatic carbocycles. The number of nitro benzene ring substituents is 2. The Balaban J connectivity index is 3.27. The van der Waals surface area contributed by atoms with Gasteiger partial charge in [0.25, 0.3) is 11.4 Å². The Bertz CT molecular complexity index is 460. The number of non-ortho nitro benzene ring substituents is 1. The number of anilines is 1. The van der Waals surface area contributed by atoms with Crippen LogP contribution in [-0.2, 0) is 0 Å². The maximum Gasteiger partial charge on any atom is 0.281 e. The highest BCUT2D eigenvalue weighted by Gasteiger charge is 2.20. The fourth-order valence-electron chi connectivity index (χ4n) is 1.35. The summed E-state index contributed by atoms with van der Waals surface area (Å²) in [5.74, 6) is 0. The number of hydrogen-bond donors (Lipinski definition) is 2. The minimum Gasteiger partial charge on any atom is -0.395 e. The molecule has 0 atom stereocenters. The predicted molar refractivity (Wildman–Crippen MR) is 60.1 cm³/mol. The van der Waals surface area contributed by atoms with E-state index in [4.69, 9.17) is 5.11 Å². The van der Waals surface area contributed by atoms with Crippen molar-refractivity contribution in [3.05, 3.63) is 37.9 Å². The number of aliphatic hydroxyl groups is 1. The van der Waals surface area contributed by atoms with Gasteiger partial charge in [0.15, 0.2) is 0 Å². The van der Waals surface area contributed by atoms with Gasteiger partial charge in [0.05, 0.1) is 33.8 Å². The highest BCUT2D eigenvalue weighted by Crippen LogP contribution is 2.31. The Hall–Kier alpha value is -2.22. The molecule has 0 saturated heterocycles. The summed E-state index contributed by atoms with van der Waals surface area (Å²) in [7, 11) is 0. The summed E-state index contributed by atoms with van der Waals surface area (Å²) in [5, 5.41) is 32.7. The Morgan fingerprint density at radius 3 is 2.41 bits per heavy atom. The van der Waals surface area contributed by atoms with E-state index in [2.05, 4.69) is 5.32 Å². The first-order valence-electron chi connectivity index (χ1n) is 4.75. The monoisotopic (exact) mass is 241 g/mol. The van der Waals surface area contributed by atoms with Crippen LogP contribution >= 0.6 is 0 Å². The molecule has 17 heavy (non-hydrogen) atoms. The lowest BCUT2D eigenvalue weighted by Gasteiger charge is -2.08. The minimum atomic E-state index is -0.698. The van der Waals surface area contributed by atoms with Crippen LogP contribution in [-0.4, -0.2) is 28.1 Å². The third-order valence-corrected chi connectivity index (χ3v) is 2.20. The van der Waals surface area contributed by atoms with Gasteiger partial charge >= 0.3 is 0 Å². The van der Waals surface area contributed by atoms with Gasteiger partial charge in [-0.15, -0.1) is 0 Å². The Morgan fingerprint density at radius 2 is 1.94 bits per heavy atom. The average Bonchev–Trinajstić information content (AvgIpc) is 2.26. The maximum atomic E-state index is 10.7. The summed E-state index contributed by atoms with van der Waals surface area (Å²) in [4.78, 5) is 20.0. The van der Waals surface area contributed by atoms with Gasteiger partial charge in [0, 0.05) is 12.6 Å². The molecule has 0 heterocycles. The van der Waals surface area contributed by atoms with Crippen LogP contribution in [0.5, 0.6) is 0 Å². The summed E-state index contributed by atoms with van der Waals surface area (Å²) >= 11 is 0. The summed E-state index contributed by atoms with van der Waals surface area (Å²) in [6.45, 7) is 1.48. The topological polar surface area (TPSA) is 119 Å². The van der Waals surface area contributed by atoms with Crippen LogP contribution in [0.4, 0.5) is 17.1 Å². The fraction of sp³-hybridized carbons (Fsp3) is 0.333. The third kappa shape index (κ3) is 2.88. The third-order valence-electron chi connectivity index (χ3n) is 2.20. The van der Waals surface area contributed by atoms with Crippen LogP contribution in [0.15, 0.2) is 12.1 Å². The summed E-state index contributed by atoms with van der Waals surface area (Å²) < 4.78 is 0. The van der Waals surface area contributed by atoms with Crippen molar-refractivity contribution in [3.8, 4) is 0 Å². The van der Waals surface area contributed by atoms with Crippen molar-refractivity contribution in [2.24, 2.45) is 0 Å². The van der Waals surface area contributed by atoms with Crippen LogP contribution in [0.2, 0.25) is 0 Å². The van der Waals surface area contributed by atoms with Crippen molar-refractivity contribution in [3.63, 3.8) is 0 Å². The quantitative estimate of drug-likeness (QED) is 0.590. The number of nitro groups is 2. The van der Waals surface area contributed by atoms with E-state index in [1.807, 2.05) is 0 Å². The number of nitrogens with one attached hydrogen (secondary N) is 1. The fourth-order valence-corrected chi connectivity index (χ4v) is 1.35. The molecule has 0 aromatic heterocycles. The Morgan fingerprint density at radius 1 is 1.29 bits per heavy atom. The molecular formula is C9H11N3O5. The van der Waals surface area contributed by atoms with Crippen LogP contribution in [0.1, 0.15) is 5.56 Å². The molecule has 0 fully saturated rings. The van der Waals surface area contributed by atoms with Gasteiger partial charge in [-0.25, -0.2) is 0 Å². The number of hydrogen-bond acceptors (Lipinski definition) is 6. The van der Waals surface area contributed by atoms with E-state index in [1.165, 1.54) is 13.0 Å². The molecular weight excluding hydrogens is 230 g/mol. The zero-order chi connectivity index (χ0) is 13.0. The van der Waals surface area contributed by atoms with E-state index in [0.29, 0.717) is 5.56 Å². The molecule has 8 nitrogen and oxygen atoms in total. The number of nitrogens with zero attached hydrogens (tertiary/aromatic N) is 2. The summed E-state index contributed by atoms with van der Waals surface area (Å²) in [5.41, 5.74) is -0.101. The van der Waals surface area contributed by atoms with Crippen molar-refractivity contribution in [1.29, 1.82) is 0 Å². The number of rotatable bonds is 5. The van der Waals surface area contributed by atoms with E-state index < -0.39 is 9.85 Å². The zero-order valence-corrected chi connectivity index (χ0v) is 9.04. The van der Waals surface area contributed by atoms with Crippen molar-refractivity contribution < 1.29 is 15.0 Å². The van der Waals surface area contributed by atoms with E-state index in [-0.39, 0.29) is 30.2 Å². The van der Waals surface area contributed by atoms with Crippen LogP contribution in [0.3, 0.4) is 0 Å². The second-order valence-corrected chi connectivity index (χ2v) is 3.30. The van der Waals surface area contributed by atoms with Gasteiger partial charge in [-0.2, -0.15) is 0 Å². The smallest absolute Gasteiger partial charge is 0.281 e. The van der Waals surface area contributed by atoms with Crippen LogP contribution in [0.25, 0.3) is 0 Å². The van der Waals surface area contributed by atoms with Crippen molar-refractivity contribution >= 4 is 17.1 Å². The highest BCUT2D eigenvalue weighted by molar-refractivity contribution is 5.65. The number of benzene rings is 1. The van der Waals surface area contributed by atoms with E-state index in [1.54, 1.807) is 0 Å². The molecule has 0 aliphatic rings. The molecule has 0 spiro atoms. The van der Waals surface area contributed by atoms with Crippen LogP contribution in [0, 0.1) is 27.2 Å². The zero-order valence-electron chi connectivity index (χ0n) is 9.04. The van der Waals surface area contributed by atoms with Gasteiger partial charge < -0.3 is 10.4 Å². The lowest BCUT2D eigenvalue weighted by Crippen LogP contribution is -2.08. The van der Waals surface area contributed by atoms with Crippen molar-refractivity contribution in [1.82, 2.24) is 0 Å². The Kier molecular flexibility index (Phi) is 3.94. The normalized spacial score (nSPS) is 10.0. The second-order valence-electron chi connectivity index (χ2n) is 3.30. The largest absolute Gasteiger partial charge is 0.395 e. The standard InChI is InChI=1S/C9H11N3O5/c1-6-8(10-2-3-13)4-7(11(14)15)5-9(6)12(16)17/h4-5,10,13H,2-3H2,1H3. The van der Waals surface area contributed by atoms with E-state index >= 15 is 0 Å². The molecule has 0 unspecified atom stereocenters. The van der Waals surface area contributed by atoms with Gasteiger partial charge in [-0.1, -0.05) is 0 Å². The average molecular weight is 241 g/mol. The molecule has 0 amide bonds. The SMILES string of the molecule is Cc1c(NCCO)cc([N+](=O)[O-])cc1[N+](=O)[O-]. The van der Waals surface area contributed by atoms with Gasteiger partial charge in [-0.05, 0) is 6.92 Å². The highest BCUT2D eigenvalue weighted by atomic mass is 16.6. The molecule has 8 heteroatoms. The first-order valence-corrected chi connectivity index (χ1v) is 4.75. The first kappa shape index (κ1) is 12.8. The van der Waals surface area contributed by atoms with Crippen molar-refractivity contribution in [2.75, 3.05) is 18.5 Å². The summed E-state index contributed by atoms with van der Waals surface area (Å²) in [6, 6.07) is 2.12. The van der Waals surface area contributed by atoms with Gasteiger partial charge in [-0.3, -0.25) is 20.2 Å². The number of aliphatic hydroxyl groups excluding tert-OH is 1. The van der Waals surface area contributed by atoms with Gasteiger partial charge in [0.2, 0.25) is 0 Å². The maximum absolute atomic E-state index is 10.7. The lowest BCUT2D eigenvalue weighted by molar-refractivity contribution is -0.394. The molecule has 1 rings (SSSR count). The van der Waals surface area contributed by atoms with E-state index in [9.17, 15) is 20.2 Å². The van der Waals surface area contributed by atoms with Crippen molar-refractivity contribution in [2.45, 2.75) is 6.92 Å². The molecule has 1 aromatic carbocycles. The molecule has 1 aromatic rings. The summed E-state index contributed by atoms with van der Waals surface area (Å²) in [6.07, 6.45) is 0. The Labute approximate surface area is 96.2 Å². The van der Waals surface area contributed by atoms with Gasteiger partial charge in [0.1, 0.15) is 0 Å². The van der Waals surface area contributed by atoms with Crippen LogP contribution < -0.4 is 5.32 Å².